The number of carbonyl (C=O) groups excluding carboxylic acids is 1. The molecular formula is C23H24F6N8O3. The largest absolute Gasteiger partial charge is 0.454 e. The Morgan fingerprint density at radius 3 is 2.45 bits per heavy atom. The van der Waals surface area contributed by atoms with Gasteiger partial charge < -0.3 is 25.2 Å². The second-order valence-electron chi connectivity index (χ2n) is 8.94. The van der Waals surface area contributed by atoms with Crippen molar-refractivity contribution in [1.29, 1.82) is 0 Å². The van der Waals surface area contributed by atoms with Gasteiger partial charge in [0.25, 0.3) is 0 Å². The molecule has 4 rings (SSSR count). The number of aryl methyl sites for hydroxylation is 1. The van der Waals surface area contributed by atoms with E-state index in [1.807, 2.05) is 4.90 Å². The van der Waals surface area contributed by atoms with Gasteiger partial charge in [-0.3, -0.25) is 9.69 Å². The average Bonchev–Trinajstić information content (AvgIpc) is 3.27. The van der Waals surface area contributed by atoms with E-state index >= 15 is 0 Å². The standard InChI is InChI=1S/C23H24F6N8O3/c1-13-9-17(36-40-13)32-18(38)11-37-7-5-15(6-8-37)30-19-33-20(35-21(34-19)39-12-22(24,25)26)31-16-4-2-3-14(10-16)23(27,28)29/h2-4,9-10,15H,5-8,11-12H2,1H3,(H,32,36,38)(H2,30,31,33,34,35). The van der Waals surface area contributed by atoms with E-state index < -0.39 is 30.5 Å². The van der Waals surface area contributed by atoms with Crippen molar-refractivity contribution < 1.29 is 40.4 Å². The van der Waals surface area contributed by atoms with Crippen LogP contribution in [-0.4, -0.2) is 69.4 Å². The lowest BCUT2D eigenvalue weighted by Crippen LogP contribution is -2.42. The summed E-state index contributed by atoms with van der Waals surface area (Å²) in [4.78, 5) is 25.9. The highest BCUT2D eigenvalue weighted by molar-refractivity contribution is 5.91. The lowest BCUT2D eigenvalue weighted by atomic mass is 10.1. The minimum Gasteiger partial charge on any atom is -0.454 e. The minimum atomic E-state index is -4.67. The van der Waals surface area contributed by atoms with E-state index in [9.17, 15) is 31.1 Å². The lowest BCUT2D eigenvalue weighted by molar-refractivity contribution is -0.154. The van der Waals surface area contributed by atoms with E-state index in [1.165, 1.54) is 6.07 Å². The van der Waals surface area contributed by atoms with Crippen molar-refractivity contribution in [3.63, 3.8) is 0 Å². The molecule has 1 amide bonds. The van der Waals surface area contributed by atoms with Crippen LogP contribution in [0.4, 0.5) is 49.7 Å². The number of ether oxygens (including phenoxy) is 1. The molecule has 1 aliphatic rings. The van der Waals surface area contributed by atoms with Crippen LogP contribution >= 0.6 is 0 Å². The number of piperidine rings is 1. The first-order chi connectivity index (χ1) is 18.8. The number of carbonyl (C=O) groups is 1. The Bertz CT molecular complexity index is 1310. The van der Waals surface area contributed by atoms with E-state index in [2.05, 4.69) is 40.8 Å². The highest BCUT2D eigenvalue weighted by Crippen LogP contribution is 2.31. The molecule has 17 heteroatoms. The van der Waals surface area contributed by atoms with Gasteiger partial charge in [-0.25, -0.2) is 0 Å². The number of rotatable bonds is 9. The number of amides is 1. The maximum absolute atomic E-state index is 13.1. The maximum atomic E-state index is 13.1. The SMILES string of the molecule is Cc1cc(NC(=O)CN2CCC(Nc3nc(Nc4cccc(C(F)(F)F)c4)nc(OCC(F)(F)F)n3)CC2)no1. The third-order valence-electron chi connectivity index (χ3n) is 5.61. The number of anilines is 4. The van der Waals surface area contributed by atoms with Crippen molar-refractivity contribution >= 4 is 29.3 Å². The summed E-state index contributed by atoms with van der Waals surface area (Å²) in [6.07, 6.45) is -8.19. The fourth-order valence-electron chi connectivity index (χ4n) is 3.82. The van der Waals surface area contributed by atoms with Gasteiger partial charge in [-0.05, 0) is 38.0 Å². The molecule has 0 unspecified atom stereocenters. The topological polar surface area (TPSA) is 130 Å². The fraction of sp³-hybridized carbons (Fsp3) is 0.435. The van der Waals surface area contributed by atoms with Gasteiger partial charge in [0, 0.05) is 30.9 Å². The molecule has 1 aromatic carbocycles. The van der Waals surface area contributed by atoms with Crippen LogP contribution in [0.2, 0.25) is 0 Å². The van der Waals surface area contributed by atoms with E-state index in [0.717, 1.165) is 18.2 Å². The summed E-state index contributed by atoms with van der Waals surface area (Å²) in [6, 6.07) is 4.87. The second kappa shape index (κ2) is 11.9. The quantitative estimate of drug-likeness (QED) is 0.317. The highest BCUT2D eigenvalue weighted by atomic mass is 19.4. The summed E-state index contributed by atoms with van der Waals surface area (Å²) in [6.45, 7) is 1.17. The molecule has 0 bridgehead atoms. The van der Waals surface area contributed by atoms with Gasteiger partial charge in [0.15, 0.2) is 12.4 Å². The van der Waals surface area contributed by atoms with Crippen molar-refractivity contribution in [1.82, 2.24) is 25.0 Å². The Labute approximate surface area is 223 Å². The van der Waals surface area contributed by atoms with E-state index in [4.69, 9.17) is 4.52 Å². The number of nitrogens with one attached hydrogen (secondary N) is 3. The van der Waals surface area contributed by atoms with E-state index in [-0.39, 0.29) is 36.1 Å². The zero-order valence-electron chi connectivity index (χ0n) is 20.9. The second-order valence-corrected chi connectivity index (χ2v) is 8.94. The number of nitrogens with zero attached hydrogens (tertiary/aromatic N) is 5. The molecular weight excluding hydrogens is 550 g/mol. The van der Waals surface area contributed by atoms with Gasteiger partial charge in [-0.15, -0.1) is 0 Å². The molecule has 0 saturated carbocycles. The number of benzene rings is 1. The van der Waals surface area contributed by atoms with Crippen LogP contribution in [0, 0.1) is 6.92 Å². The van der Waals surface area contributed by atoms with Gasteiger partial charge in [-0.2, -0.15) is 41.3 Å². The Morgan fingerprint density at radius 2 is 1.80 bits per heavy atom. The van der Waals surface area contributed by atoms with Crippen LogP contribution in [0.25, 0.3) is 0 Å². The van der Waals surface area contributed by atoms with Gasteiger partial charge in [-0.1, -0.05) is 11.2 Å². The van der Waals surface area contributed by atoms with Gasteiger partial charge >= 0.3 is 18.4 Å². The molecule has 1 aliphatic heterocycles. The van der Waals surface area contributed by atoms with Gasteiger partial charge in [0.05, 0.1) is 12.1 Å². The van der Waals surface area contributed by atoms with Gasteiger partial charge in [0.1, 0.15) is 5.76 Å². The number of aromatic nitrogens is 4. The summed E-state index contributed by atoms with van der Waals surface area (Å²) in [5, 5.41) is 11.9. The zero-order valence-corrected chi connectivity index (χ0v) is 20.9. The molecule has 0 atom stereocenters. The summed E-state index contributed by atoms with van der Waals surface area (Å²) in [5.41, 5.74) is -0.976. The van der Waals surface area contributed by atoms with Crippen molar-refractivity contribution in [2.75, 3.05) is 42.2 Å². The number of likely N-dealkylation sites (tertiary alicyclic amines) is 1. The predicted octanol–water partition coefficient (Wildman–Crippen LogP) is 4.39. The number of halogens is 6. The monoisotopic (exact) mass is 574 g/mol. The minimum absolute atomic E-state index is 0.0406. The summed E-state index contributed by atoms with van der Waals surface area (Å²) in [7, 11) is 0. The average molecular weight is 574 g/mol. The molecule has 40 heavy (non-hydrogen) atoms. The maximum Gasteiger partial charge on any atom is 0.422 e. The van der Waals surface area contributed by atoms with Crippen LogP contribution in [-0.2, 0) is 11.0 Å². The smallest absolute Gasteiger partial charge is 0.422 e. The van der Waals surface area contributed by atoms with Crippen molar-refractivity contribution in [3.05, 3.63) is 41.7 Å². The Balaban J connectivity index is 1.40. The van der Waals surface area contributed by atoms with E-state index in [0.29, 0.717) is 37.5 Å². The number of hydrogen-bond donors (Lipinski definition) is 3. The van der Waals surface area contributed by atoms with Crippen molar-refractivity contribution in [2.24, 2.45) is 0 Å². The third kappa shape index (κ3) is 8.69. The number of hydrogen-bond acceptors (Lipinski definition) is 10. The summed E-state index contributed by atoms with van der Waals surface area (Å²) in [5.74, 6) is 0.159. The molecule has 0 aliphatic carbocycles. The molecule has 2 aromatic heterocycles. The first kappa shape index (κ1) is 28.8. The van der Waals surface area contributed by atoms with Crippen LogP contribution in [0.15, 0.2) is 34.9 Å². The molecule has 0 spiro atoms. The van der Waals surface area contributed by atoms with Crippen LogP contribution in [0.1, 0.15) is 24.2 Å². The normalized spacial score (nSPS) is 15.1. The molecule has 1 fully saturated rings. The first-order valence-electron chi connectivity index (χ1n) is 11.9. The first-order valence-corrected chi connectivity index (χ1v) is 11.9. The lowest BCUT2D eigenvalue weighted by Gasteiger charge is -2.31. The van der Waals surface area contributed by atoms with Gasteiger partial charge in [0.2, 0.25) is 17.8 Å². The highest BCUT2D eigenvalue weighted by Gasteiger charge is 2.31. The van der Waals surface area contributed by atoms with Crippen LogP contribution in [0.3, 0.4) is 0 Å². The van der Waals surface area contributed by atoms with Crippen molar-refractivity contribution in [2.45, 2.75) is 38.2 Å². The Kier molecular flexibility index (Phi) is 8.61. The van der Waals surface area contributed by atoms with Crippen LogP contribution < -0.4 is 20.7 Å². The molecule has 1 saturated heterocycles. The Hall–Kier alpha value is -4.15. The molecule has 3 aromatic rings. The molecule has 3 N–H and O–H groups in total. The Morgan fingerprint density at radius 1 is 1.07 bits per heavy atom. The van der Waals surface area contributed by atoms with Crippen molar-refractivity contribution in [3.8, 4) is 6.01 Å². The predicted molar refractivity (Wildman–Crippen MR) is 129 cm³/mol. The third-order valence-corrected chi connectivity index (χ3v) is 5.61. The summed E-state index contributed by atoms with van der Waals surface area (Å²) >= 11 is 0. The van der Waals surface area contributed by atoms with E-state index in [1.54, 1.807) is 13.0 Å². The molecule has 216 valence electrons. The molecule has 3 heterocycles. The molecule has 0 radical (unpaired) electrons. The number of alkyl halides is 6. The van der Waals surface area contributed by atoms with Crippen LogP contribution in [0.5, 0.6) is 6.01 Å². The molecule has 11 nitrogen and oxygen atoms in total. The fourth-order valence-corrected chi connectivity index (χ4v) is 3.82. The summed E-state index contributed by atoms with van der Waals surface area (Å²) < 4.78 is 86.8. The zero-order chi connectivity index (χ0) is 28.9.